The number of nitrogens with zero attached hydrogens (tertiary/aromatic N) is 3. The van der Waals surface area contributed by atoms with Gasteiger partial charge in [-0.3, -0.25) is 0 Å². The van der Waals surface area contributed by atoms with E-state index in [1.54, 1.807) is 18.3 Å². The fourth-order valence-electron chi connectivity index (χ4n) is 1.45. The summed E-state index contributed by atoms with van der Waals surface area (Å²) < 4.78 is 0. The number of aryl methyl sites for hydroxylation is 1. The van der Waals surface area contributed by atoms with Gasteiger partial charge in [0.1, 0.15) is 16.0 Å². The molecule has 0 radical (unpaired) electrons. The predicted octanol–water partition coefficient (Wildman–Crippen LogP) is 2.82. The Hall–Kier alpha value is -1.66. The maximum absolute atomic E-state index is 11.0. The van der Waals surface area contributed by atoms with Gasteiger partial charge in [-0.25, -0.2) is 19.7 Å². The molecule has 19 heavy (non-hydrogen) atoms. The summed E-state index contributed by atoms with van der Waals surface area (Å²) in [5, 5.41) is 9.86. The number of rotatable bonds is 4. The van der Waals surface area contributed by atoms with Gasteiger partial charge in [-0.2, -0.15) is 0 Å². The molecule has 0 amide bonds. The van der Waals surface area contributed by atoms with E-state index < -0.39 is 5.97 Å². The maximum atomic E-state index is 11.0. The van der Waals surface area contributed by atoms with Crippen LogP contribution in [-0.2, 0) is 5.75 Å². The van der Waals surface area contributed by atoms with Gasteiger partial charge in [0.05, 0.1) is 11.3 Å². The molecule has 0 unspecified atom stereocenters. The zero-order valence-electron chi connectivity index (χ0n) is 10.00. The molecule has 98 valence electrons. The quantitative estimate of drug-likeness (QED) is 0.690. The van der Waals surface area contributed by atoms with Crippen LogP contribution >= 0.6 is 23.4 Å². The number of hydrogen-bond donors (Lipinski definition) is 1. The van der Waals surface area contributed by atoms with Gasteiger partial charge in [-0.1, -0.05) is 23.4 Å². The molecule has 0 aliphatic rings. The van der Waals surface area contributed by atoms with Crippen LogP contribution < -0.4 is 0 Å². The second-order valence-corrected chi connectivity index (χ2v) is 5.05. The number of carboxylic acids is 1. The number of thioether (sulfide) groups is 1. The average Bonchev–Trinajstić information content (AvgIpc) is 2.35. The van der Waals surface area contributed by atoms with Crippen molar-refractivity contribution in [2.24, 2.45) is 0 Å². The van der Waals surface area contributed by atoms with E-state index in [9.17, 15) is 4.79 Å². The second-order valence-electron chi connectivity index (χ2n) is 3.70. The van der Waals surface area contributed by atoms with Crippen molar-refractivity contribution in [3.05, 3.63) is 46.6 Å². The normalized spacial score (nSPS) is 10.4. The molecule has 0 saturated carbocycles. The average molecular weight is 296 g/mol. The first kappa shape index (κ1) is 13.8. The number of pyridine rings is 1. The van der Waals surface area contributed by atoms with Crippen LogP contribution in [0.2, 0.25) is 5.15 Å². The van der Waals surface area contributed by atoms with E-state index in [-0.39, 0.29) is 5.56 Å². The number of aromatic nitrogens is 3. The van der Waals surface area contributed by atoms with Gasteiger partial charge < -0.3 is 5.11 Å². The zero-order valence-corrected chi connectivity index (χ0v) is 11.6. The van der Waals surface area contributed by atoms with Crippen molar-refractivity contribution in [2.75, 3.05) is 0 Å². The van der Waals surface area contributed by atoms with Crippen LogP contribution in [-0.4, -0.2) is 26.0 Å². The predicted molar refractivity (Wildman–Crippen MR) is 72.5 cm³/mol. The SMILES string of the molecule is Cc1cc(Cl)nc(CSc2ncccc2C(=O)O)n1. The van der Waals surface area contributed by atoms with E-state index in [2.05, 4.69) is 15.0 Å². The Kier molecular flexibility index (Phi) is 4.34. The lowest BCUT2D eigenvalue weighted by Gasteiger charge is -2.04. The van der Waals surface area contributed by atoms with Crippen molar-refractivity contribution in [1.82, 2.24) is 15.0 Å². The lowest BCUT2D eigenvalue weighted by atomic mass is 10.3. The van der Waals surface area contributed by atoms with E-state index in [1.165, 1.54) is 17.8 Å². The van der Waals surface area contributed by atoms with Crippen LogP contribution in [0.4, 0.5) is 0 Å². The third-order valence-corrected chi connectivity index (χ3v) is 3.40. The van der Waals surface area contributed by atoms with Gasteiger partial charge in [-0.05, 0) is 25.1 Å². The van der Waals surface area contributed by atoms with E-state index in [1.807, 2.05) is 6.92 Å². The Balaban J connectivity index is 2.16. The Bertz CT molecular complexity index is 601. The molecule has 0 aromatic carbocycles. The first-order chi connectivity index (χ1) is 9.06. The van der Waals surface area contributed by atoms with Gasteiger partial charge in [0.25, 0.3) is 0 Å². The Morgan fingerprint density at radius 3 is 2.95 bits per heavy atom. The van der Waals surface area contributed by atoms with Crippen LogP contribution in [0.25, 0.3) is 0 Å². The first-order valence-electron chi connectivity index (χ1n) is 5.37. The third-order valence-electron chi connectivity index (χ3n) is 2.21. The molecule has 7 heteroatoms. The summed E-state index contributed by atoms with van der Waals surface area (Å²) in [5.74, 6) is -0.0330. The lowest BCUT2D eigenvalue weighted by Crippen LogP contribution is -2.01. The fraction of sp³-hybridized carbons (Fsp3) is 0.167. The van der Waals surface area contributed by atoms with Gasteiger partial charge >= 0.3 is 5.97 Å². The molecule has 0 fully saturated rings. The Labute approximate surface area is 119 Å². The number of carboxylic acid groups (broad SMARTS) is 1. The van der Waals surface area contributed by atoms with Crippen molar-refractivity contribution in [1.29, 1.82) is 0 Å². The first-order valence-corrected chi connectivity index (χ1v) is 6.74. The minimum absolute atomic E-state index is 0.172. The molecule has 0 spiro atoms. The maximum Gasteiger partial charge on any atom is 0.338 e. The van der Waals surface area contributed by atoms with Crippen molar-refractivity contribution in [3.8, 4) is 0 Å². The summed E-state index contributed by atoms with van der Waals surface area (Å²) in [6, 6.07) is 4.77. The van der Waals surface area contributed by atoms with Crippen LogP contribution in [0.3, 0.4) is 0 Å². The molecule has 0 saturated heterocycles. The summed E-state index contributed by atoms with van der Waals surface area (Å²) in [7, 11) is 0. The largest absolute Gasteiger partial charge is 0.478 e. The fourth-order valence-corrected chi connectivity index (χ4v) is 2.55. The Morgan fingerprint density at radius 2 is 2.26 bits per heavy atom. The standard InChI is InChI=1S/C12H10ClN3O2S/c1-7-5-9(13)16-10(15-7)6-19-11-8(12(17)18)3-2-4-14-11/h2-5H,6H2,1H3,(H,17,18). The van der Waals surface area contributed by atoms with Gasteiger partial charge in [-0.15, -0.1) is 0 Å². The zero-order chi connectivity index (χ0) is 13.8. The molecule has 0 aliphatic carbocycles. The van der Waals surface area contributed by atoms with Crippen LogP contribution in [0.15, 0.2) is 29.4 Å². The summed E-state index contributed by atoms with van der Waals surface area (Å²) in [6.07, 6.45) is 1.55. The van der Waals surface area contributed by atoms with Gasteiger partial charge in [0, 0.05) is 11.9 Å². The molecular weight excluding hydrogens is 286 g/mol. The molecule has 2 heterocycles. The van der Waals surface area contributed by atoms with Crippen LogP contribution in [0.1, 0.15) is 21.9 Å². The van der Waals surface area contributed by atoms with Crippen LogP contribution in [0.5, 0.6) is 0 Å². The minimum atomic E-state index is -1.00. The number of carbonyl (C=O) groups is 1. The molecular formula is C12H10ClN3O2S. The molecule has 0 bridgehead atoms. The van der Waals surface area contributed by atoms with Crippen LogP contribution in [0, 0.1) is 6.92 Å². The molecule has 0 atom stereocenters. The molecule has 2 rings (SSSR count). The van der Waals surface area contributed by atoms with Gasteiger partial charge in [0.15, 0.2) is 0 Å². The molecule has 1 N–H and O–H groups in total. The second kappa shape index (κ2) is 5.99. The summed E-state index contributed by atoms with van der Waals surface area (Å²) in [4.78, 5) is 23.4. The number of halogens is 1. The Morgan fingerprint density at radius 1 is 1.47 bits per heavy atom. The highest BCUT2D eigenvalue weighted by Gasteiger charge is 2.12. The number of hydrogen-bond acceptors (Lipinski definition) is 5. The minimum Gasteiger partial charge on any atom is -0.478 e. The van der Waals surface area contributed by atoms with E-state index in [0.717, 1.165) is 5.69 Å². The lowest BCUT2D eigenvalue weighted by molar-refractivity contribution is 0.0692. The summed E-state index contributed by atoms with van der Waals surface area (Å²) in [6.45, 7) is 1.82. The number of aromatic carboxylic acids is 1. The molecule has 0 aliphatic heterocycles. The topological polar surface area (TPSA) is 76.0 Å². The molecule has 5 nitrogen and oxygen atoms in total. The third kappa shape index (κ3) is 3.65. The van der Waals surface area contributed by atoms with Crippen molar-refractivity contribution in [3.63, 3.8) is 0 Å². The molecule has 2 aromatic heterocycles. The summed E-state index contributed by atoms with van der Waals surface area (Å²) in [5.41, 5.74) is 0.946. The van der Waals surface area contributed by atoms with Crippen molar-refractivity contribution < 1.29 is 9.90 Å². The highest BCUT2D eigenvalue weighted by molar-refractivity contribution is 7.98. The highest BCUT2D eigenvalue weighted by atomic mass is 35.5. The summed E-state index contributed by atoms with van der Waals surface area (Å²) >= 11 is 7.11. The van der Waals surface area contributed by atoms with Gasteiger partial charge in [0.2, 0.25) is 0 Å². The van der Waals surface area contributed by atoms with E-state index in [0.29, 0.717) is 21.8 Å². The molecule has 2 aromatic rings. The van der Waals surface area contributed by atoms with Crippen molar-refractivity contribution in [2.45, 2.75) is 17.7 Å². The van der Waals surface area contributed by atoms with Crippen molar-refractivity contribution >= 4 is 29.3 Å². The smallest absolute Gasteiger partial charge is 0.338 e. The van der Waals surface area contributed by atoms with E-state index in [4.69, 9.17) is 16.7 Å². The van der Waals surface area contributed by atoms with E-state index >= 15 is 0 Å². The monoisotopic (exact) mass is 295 g/mol. The highest BCUT2D eigenvalue weighted by Crippen LogP contribution is 2.23.